The number of nitrogens with one attached hydrogen (secondary N) is 1. The molecular formula is C23H25ClN2O4S. The number of ether oxygens (including phenoxy) is 3. The summed E-state index contributed by atoms with van der Waals surface area (Å²) in [5.41, 5.74) is 0.993. The molecule has 1 atom stereocenters. The fourth-order valence-corrected chi connectivity index (χ4v) is 3.61. The first-order chi connectivity index (χ1) is 14.9. The number of amides is 1. The highest BCUT2D eigenvalue weighted by molar-refractivity contribution is 7.15. The molecule has 0 bridgehead atoms. The maximum atomic E-state index is 11.2. The number of hydrogen-bond acceptors (Lipinski definition) is 6. The standard InChI is InChI=1S/C23H25ClN2O4S/c1-4-5-12-28-19-10-11-21(20(24)13-19)30-23-25-14-22(31-23)29-18-8-6-17(7-9-18)15(2)26-16(3)27/h6-11,13-15H,4-5,12H2,1-3H3,(H,26,27). The van der Waals surface area contributed by atoms with Crippen LogP contribution >= 0.6 is 22.9 Å². The summed E-state index contributed by atoms with van der Waals surface area (Å²) in [6.45, 7) is 6.20. The Morgan fingerprint density at radius 2 is 1.90 bits per heavy atom. The largest absolute Gasteiger partial charge is 0.494 e. The lowest BCUT2D eigenvalue weighted by Crippen LogP contribution is -2.23. The first-order valence-corrected chi connectivity index (χ1v) is 11.2. The van der Waals surface area contributed by atoms with Gasteiger partial charge in [0.25, 0.3) is 5.19 Å². The highest BCUT2D eigenvalue weighted by atomic mass is 35.5. The van der Waals surface area contributed by atoms with Crippen molar-refractivity contribution < 1.29 is 19.0 Å². The van der Waals surface area contributed by atoms with Crippen molar-refractivity contribution in [2.45, 2.75) is 39.7 Å². The zero-order valence-corrected chi connectivity index (χ0v) is 19.3. The number of unbranched alkanes of at least 4 members (excludes halogenated alkanes) is 1. The Balaban J connectivity index is 1.58. The Morgan fingerprint density at radius 1 is 1.16 bits per heavy atom. The normalized spacial score (nSPS) is 11.6. The quantitative estimate of drug-likeness (QED) is 0.338. The van der Waals surface area contributed by atoms with Gasteiger partial charge in [-0.1, -0.05) is 37.1 Å². The maximum absolute atomic E-state index is 11.2. The molecule has 8 heteroatoms. The van der Waals surface area contributed by atoms with Gasteiger partial charge in [-0.3, -0.25) is 4.79 Å². The highest BCUT2D eigenvalue weighted by Gasteiger charge is 2.11. The topological polar surface area (TPSA) is 69.7 Å². The minimum Gasteiger partial charge on any atom is -0.494 e. The summed E-state index contributed by atoms with van der Waals surface area (Å²) in [6.07, 6.45) is 3.67. The molecule has 1 aromatic heterocycles. The van der Waals surface area contributed by atoms with E-state index in [0.717, 1.165) is 18.4 Å². The van der Waals surface area contributed by atoms with Gasteiger partial charge in [0.1, 0.15) is 17.2 Å². The van der Waals surface area contributed by atoms with E-state index < -0.39 is 0 Å². The van der Waals surface area contributed by atoms with Gasteiger partial charge >= 0.3 is 0 Å². The Hall–Kier alpha value is -2.77. The number of benzene rings is 2. The van der Waals surface area contributed by atoms with Crippen molar-refractivity contribution in [3.8, 4) is 27.5 Å². The Morgan fingerprint density at radius 3 is 2.58 bits per heavy atom. The Kier molecular flexibility index (Phi) is 8.14. The van der Waals surface area contributed by atoms with Crippen LogP contribution in [0.3, 0.4) is 0 Å². The van der Waals surface area contributed by atoms with Gasteiger partial charge in [-0.05, 0) is 54.5 Å². The van der Waals surface area contributed by atoms with Gasteiger partial charge in [0.15, 0.2) is 0 Å². The number of hydrogen-bond donors (Lipinski definition) is 1. The predicted molar refractivity (Wildman–Crippen MR) is 123 cm³/mol. The number of rotatable bonds is 10. The molecule has 164 valence electrons. The third kappa shape index (κ3) is 6.87. The minimum atomic E-state index is -0.0665. The molecule has 0 aliphatic heterocycles. The van der Waals surface area contributed by atoms with Crippen LogP contribution in [-0.2, 0) is 4.79 Å². The number of carbonyl (C=O) groups excluding carboxylic acids is 1. The van der Waals surface area contributed by atoms with Gasteiger partial charge < -0.3 is 19.5 Å². The monoisotopic (exact) mass is 460 g/mol. The van der Waals surface area contributed by atoms with Crippen LogP contribution in [0.2, 0.25) is 5.02 Å². The molecule has 1 amide bonds. The average molecular weight is 461 g/mol. The smallest absolute Gasteiger partial charge is 0.282 e. The maximum Gasteiger partial charge on any atom is 0.282 e. The van der Waals surface area contributed by atoms with Crippen molar-refractivity contribution in [1.82, 2.24) is 10.3 Å². The van der Waals surface area contributed by atoms with Gasteiger partial charge in [-0.2, -0.15) is 0 Å². The van der Waals surface area contributed by atoms with Crippen LogP contribution in [0.4, 0.5) is 0 Å². The van der Waals surface area contributed by atoms with Gasteiger partial charge in [-0.15, -0.1) is 0 Å². The van der Waals surface area contributed by atoms with E-state index in [-0.39, 0.29) is 11.9 Å². The van der Waals surface area contributed by atoms with E-state index in [1.807, 2.05) is 37.3 Å². The molecule has 0 aliphatic rings. The van der Waals surface area contributed by atoms with Crippen molar-refractivity contribution in [2.24, 2.45) is 0 Å². The SMILES string of the molecule is CCCCOc1ccc(Oc2ncc(Oc3ccc(C(C)NC(C)=O)cc3)s2)c(Cl)c1. The van der Waals surface area contributed by atoms with Crippen LogP contribution in [-0.4, -0.2) is 17.5 Å². The molecule has 3 rings (SSSR count). The van der Waals surface area contributed by atoms with E-state index in [1.165, 1.54) is 18.3 Å². The van der Waals surface area contributed by atoms with Gasteiger partial charge in [0.05, 0.1) is 23.9 Å². The lowest BCUT2D eigenvalue weighted by Gasteiger charge is -2.13. The molecule has 0 saturated heterocycles. The molecule has 1 N–H and O–H groups in total. The van der Waals surface area contributed by atoms with Crippen LogP contribution in [0.25, 0.3) is 0 Å². The number of carbonyl (C=O) groups is 1. The van der Waals surface area contributed by atoms with Crippen molar-refractivity contribution >= 4 is 28.8 Å². The van der Waals surface area contributed by atoms with E-state index in [1.54, 1.807) is 18.3 Å². The summed E-state index contributed by atoms with van der Waals surface area (Å²) in [5, 5.41) is 4.32. The highest BCUT2D eigenvalue weighted by Crippen LogP contribution is 2.37. The third-order valence-electron chi connectivity index (χ3n) is 4.35. The molecule has 0 aliphatic carbocycles. The van der Waals surface area contributed by atoms with Crippen molar-refractivity contribution in [3.63, 3.8) is 0 Å². The molecule has 0 fully saturated rings. The zero-order chi connectivity index (χ0) is 22.2. The molecule has 1 heterocycles. The fraction of sp³-hybridized carbons (Fsp3) is 0.304. The molecule has 2 aromatic carbocycles. The summed E-state index contributed by atoms with van der Waals surface area (Å²) < 4.78 is 17.3. The lowest BCUT2D eigenvalue weighted by molar-refractivity contribution is -0.119. The fourth-order valence-electron chi connectivity index (χ4n) is 2.75. The second-order valence-corrected chi connectivity index (χ2v) is 8.30. The molecule has 3 aromatic rings. The van der Waals surface area contributed by atoms with Crippen LogP contribution in [0.15, 0.2) is 48.7 Å². The summed E-state index contributed by atoms with van der Waals surface area (Å²) in [5.74, 6) is 1.82. The summed E-state index contributed by atoms with van der Waals surface area (Å²) in [6, 6.07) is 12.8. The van der Waals surface area contributed by atoms with E-state index in [4.69, 9.17) is 25.8 Å². The van der Waals surface area contributed by atoms with Crippen LogP contribution < -0.4 is 19.5 Å². The van der Waals surface area contributed by atoms with Gasteiger partial charge in [-0.25, -0.2) is 4.98 Å². The van der Waals surface area contributed by atoms with E-state index in [0.29, 0.717) is 39.1 Å². The van der Waals surface area contributed by atoms with E-state index >= 15 is 0 Å². The lowest BCUT2D eigenvalue weighted by atomic mass is 10.1. The molecular weight excluding hydrogens is 436 g/mol. The molecule has 6 nitrogen and oxygen atoms in total. The van der Waals surface area contributed by atoms with Crippen molar-refractivity contribution in [3.05, 3.63) is 59.2 Å². The minimum absolute atomic E-state index is 0.0659. The number of thiazole rings is 1. The molecule has 0 radical (unpaired) electrons. The van der Waals surface area contributed by atoms with Crippen LogP contribution in [0.5, 0.6) is 27.5 Å². The molecule has 1 unspecified atom stereocenters. The number of halogens is 1. The second kappa shape index (κ2) is 11.0. The third-order valence-corrected chi connectivity index (χ3v) is 5.40. The number of aromatic nitrogens is 1. The van der Waals surface area contributed by atoms with Gasteiger partial charge in [0.2, 0.25) is 11.0 Å². The summed E-state index contributed by atoms with van der Waals surface area (Å²) in [7, 11) is 0. The molecule has 0 spiro atoms. The Labute approximate surface area is 191 Å². The van der Waals surface area contributed by atoms with Gasteiger partial charge in [0, 0.05) is 13.0 Å². The van der Waals surface area contributed by atoms with Crippen molar-refractivity contribution in [2.75, 3.05) is 6.61 Å². The Bertz CT molecular complexity index is 1010. The summed E-state index contributed by atoms with van der Waals surface area (Å²) in [4.78, 5) is 15.4. The van der Waals surface area contributed by atoms with Crippen LogP contribution in [0, 0.1) is 0 Å². The first kappa shape index (κ1) is 22.9. The van der Waals surface area contributed by atoms with E-state index in [9.17, 15) is 4.79 Å². The first-order valence-electron chi connectivity index (χ1n) is 10.1. The zero-order valence-electron chi connectivity index (χ0n) is 17.7. The van der Waals surface area contributed by atoms with E-state index in [2.05, 4.69) is 17.2 Å². The van der Waals surface area contributed by atoms with Crippen LogP contribution in [0.1, 0.15) is 45.2 Å². The summed E-state index contributed by atoms with van der Waals surface area (Å²) >= 11 is 7.58. The predicted octanol–water partition coefficient (Wildman–Crippen LogP) is 6.76. The molecule has 31 heavy (non-hydrogen) atoms. The second-order valence-electron chi connectivity index (χ2n) is 6.93. The number of nitrogens with zero attached hydrogens (tertiary/aromatic N) is 1. The van der Waals surface area contributed by atoms with Crippen molar-refractivity contribution in [1.29, 1.82) is 0 Å². The molecule has 0 saturated carbocycles. The average Bonchev–Trinajstić information content (AvgIpc) is 3.17.